The molecule has 0 radical (unpaired) electrons. The van der Waals surface area contributed by atoms with Crippen LogP contribution in [0.2, 0.25) is 0 Å². The van der Waals surface area contributed by atoms with Gasteiger partial charge in [-0.05, 0) is 86.8 Å². The van der Waals surface area contributed by atoms with Gasteiger partial charge in [0.15, 0.2) is 0 Å². The highest BCUT2D eigenvalue weighted by Crippen LogP contribution is 2.27. The topological polar surface area (TPSA) is 46.9 Å². The molecule has 0 saturated carbocycles. The second-order valence-corrected chi connectivity index (χ2v) is 7.41. The van der Waals surface area contributed by atoms with Crippen LogP contribution in [0, 0.1) is 12.8 Å². The number of piperidine rings is 1. The van der Waals surface area contributed by atoms with Gasteiger partial charge in [0.1, 0.15) is 5.82 Å². The molecule has 1 aliphatic rings. The number of hydrogen-bond donors (Lipinski definition) is 1. The predicted molar refractivity (Wildman–Crippen MR) is 108 cm³/mol. The minimum atomic E-state index is -0.189. The zero-order chi connectivity index (χ0) is 18.0. The molecule has 25 heavy (non-hydrogen) atoms. The van der Waals surface area contributed by atoms with E-state index in [-0.39, 0.29) is 5.56 Å². The second-order valence-electron chi connectivity index (χ2n) is 6.56. The van der Waals surface area contributed by atoms with E-state index in [9.17, 15) is 4.79 Å². The number of aromatic nitrogens is 2. The lowest BCUT2D eigenvalue weighted by molar-refractivity contribution is 0.420. The lowest BCUT2D eigenvalue weighted by atomic mass is 9.90. The Morgan fingerprint density at radius 1 is 1.36 bits per heavy atom. The largest absolute Gasteiger partial charge is 0.317 e. The molecular formula is C20H24BrN3O. The first kappa shape index (κ1) is 18.1. The Hall–Kier alpha value is -1.72. The first-order valence-corrected chi connectivity index (χ1v) is 9.55. The fraction of sp³-hybridized carbons (Fsp3) is 0.400. The Bertz CT molecular complexity index is 905. The standard InChI is InChI=1S/C20H24BrN3O/c1-4-16(12-13(2)15-8-10-22-11-9-15)24-14(3)23-20(25)19-17(21)6-5-7-18(19)24/h4-7,12,15,22H,8-11H2,1-3H3/b13-12+,16-4-. The number of rotatable bonds is 3. The first-order valence-electron chi connectivity index (χ1n) is 8.76. The summed E-state index contributed by atoms with van der Waals surface area (Å²) < 4.78 is 2.86. The molecule has 1 saturated heterocycles. The molecule has 1 N–H and O–H groups in total. The minimum absolute atomic E-state index is 0.189. The van der Waals surface area contributed by atoms with Gasteiger partial charge in [-0.15, -0.1) is 0 Å². The average Bonchev–Trinajstić information content (AvgIpc) is 2.61. The fourth-order valence-corrected chi connectivity index (χ4v) is 4.09. The molecule has 1 aliphatic heterocycles. The van der Waals surface area contributed by atoms with Crippen LogP contribution < -0.4 is 10.9 Å². The summed E-state index contributed by atoms with van der Waals surface area (Å²) >= 11 is 3.50. The van der Waals surface area contributed by atoms with Gasteiger partial charge in [0.2, 0.25) is 0 Å². The molecule has 0 bridgehead atoms. The number of benzene rings is 1. The van der Waals surface area contributed by atoms with Crippen LogP contribution in [0.5, 0.6) is 0 Å². The van der Waals surface area contributed by atoms with Crippen molar-refractivity contribution in [2.24, 2.45) is 5.92 Å². The molecule has 0 atom stereocenters. The van der Waals surface area contributed by atoms with Gasteiger partial charge in [0.05, 0.1) is 10.9 Å². The third-order valence-electron chi connectivity index (χ3n) is 4.95. The number of hydrogen-bond acceptors (Lipinski definition) is 3. The molecule has 5 heteroatoms. The van der Waals surface area contributed by atoms with E-state index in [0.717, 1.165) is 28.8 Å². The quantitative estimate of drug-likeness (QED) is 0.780. The lowest BCUT2D eigenvalue weighted by Gasteiger charge is -2.24. The number of allylic oxidation sites excluding steroid dienone is 4. The van der Waals surface area contributed by atoms with E-state index < -0.39 is 0 Å². The van der Waals surface area contributed by atoms with Gasteiger partial charge in [-0.1, -0.05) is 17.7 Å². The summed E-state index contributed by atoms with van der Waals surface area (Å²) in [5.41, 5.74) is 3.14. The molecule has 0 amide bonds. The zero-order valence-corrected chi connectivity index (χ0v) is 16.6. The Kier molecular flexibility index (Phi) is 5.54. The highest BCUT2D eigenvalue weighted by Gasteiger charge is 2.16. The van der Waals surface area contributed by atoms with Crippen LogP contribution in [-0.2, 0) is 0 Å². The van der Waals surface area contributed by atoms with Gasteiger partial charge < -0.3 is 5.32 Å². The van der Waals surface area contributed by atoms with Crippen molar-refractivity contribution in [2.45, 2.75) is 33.6 Å². The van der Waals surface area contributed by atoms with Crippen LogP contribution in [0.25, 0.3) is 16.6 Å². The number of halogens is 1. The molecule has 1 fully saturated rings. The molecule has 2 aromatic rings. The molecular weight excluding hydrogens is 378 g/mol. The maximum atomic E-state index is 12.4. The molecule has 2 heterocycles. The Morgan fingerprint density at radius 3 is 2.76 bits per heavy atom. The molecule has 1 aromatic heterocycles. The van der Waals surface area contributed by atoms with E-state index in [1.54, 1.807) is 0 Å². The van der Waals surface area contributed by atoms with Crippen LogP contribution in [0.3, 0.4) is 0 Å². The predicted octanol–water partition coefficient (Wildman–Crippen LogP) is 4.27. The van der Waals surface area contributed by atoms with Crippen LogP contribution in [0.4, 0.5) is 0 Å². The third kappa shape index (κ3) is 3.62. The highest BCUT2D eigenvalue weighted by molar-refractivity contribution is 9.10. The minimum Gasteiger partial charge on any atom is -0.317 e. The fourth-order valence-electron chi connectivity index (χ4n) is 3.57. The highest BCUT2D eigenvalue weighted by atomic mass is 79.9. The smallest absolute Gasteiger partial charge is 0.281 e. The van der Waals surface area contributed by atoms with E-state index in [0.29, 0.717) is 17.1 Å². The lowest BCUT2D eigenvalue weighted by Crippen LogP contribution is -2.28. The van der Waals surface area contributed by atoms with E-state index in [1.807, 2.05) is 32.0 Å². The van der Waals surface area contributed by atoms with Crippen LogP contribution >= 0.6 is 15.9 Å². The summed E-state index contributed by atoms with van der Waals surface area (Å²) in [5, 5.41) is 4.04. The number of aryl methyl sites for hydroxylation is 1. The van der Waals surface area contributed by atoms with E-state index in [1.165, 1.54) is 18.4 Å². The van der Waals surface area contributed by atoms with Crippen LogP contribution in [0.1, 0.15) is 32.5 Å². The number of fused-ring (bicyclic) bond motifs is 1. The van der Waals surface area contributed by atoms with Crippen LogP contribution in [-0.4, -0.2) is 22.6 Å². The van der Waals surface area contributed by atoms with Crippen molar-refractivity contribution >= 4 is 32.5 Å². The first-order chi connectivity index (χ1) is 12.0. The van der Waals surface area contributed by atoms with E-state index >= 15 is 0 Å². The Morgan fingerprint density at radius 2 is 2.08 bits per heavy atom. The zero-order valence-electron chi connectivity index (χ0n) is 15.0. The summed E-state index contributed by atoms with van der Waals surface area (Å²) in [5.74, 6) is 1.32. The van der Waals surface area contributed by atoms with Gasteiger partial charge >= 0.3 is 0 Å². The molecule has 0 unspecified atom stereocenters. The van der Waals surface area contributed by atoms with Gasteiger partial charge in [-0.2, -0.15) is 4.98 Å². The van der Waals surface area contributed by atoms with Gasteiger partial charge in [-0.25, -0.2) is 0 Å². The summed E-state index contributed by atoms with van der Waals surface area (Å²) in [4.78, 5) is 16.6. The van der Waals surface area contributed by atoms with E-state index in [4.69, 9.17) is 0 Å². The molecule has 4 nitrogen and oxygen atoms in total. The van der Waals surface area contributed by atoms with Crippen molar-refractivity contribution in [1.82, 2.24) is 14.9 Å². The molecule has 132 valence electrons. The molecule has 1 aromatic carbocycles. The number of nitrogens with one attached hydrogen (secondary N) is 1. The molecule has 3 rings (SSSR count). The Balaban J connectivity index is 2.13. The van der Waals surface area contributed by atoms with Crippen molar-refractivity contribution in [3.8, 4) is 0 Å². The van der Waals surface area contributed by atoms with Gasteiger partial charge in [0, 0.05) is 10.2 Å². The van der Waals surface area contributed by atoms with Crippen molar-refractivity contribution < 1.29 is 0 Å². The van der Waals surface area contributed by atoms with Gasteiger partial charge in [0.25, 0.3) is 5.56 Å². The van der Waals surface area contributed by atoms with Crippen molar-refractivity contribution in [2.75, 3.05) is 13.1 Å². The Labute approximate surface area is 156 Å². The molecule has 0 aliphatic carbocycles. The average molecular weight is 402 g/mol. The van der Waals surface area contributed by atoms with E-state index in [2.05, 4.69) is 49.9 Å². The van der Waals surface area contributed by atoms with Crippen molar-refractivity contribution in [1.29, 1.82) is 0 Å². The van der Waals surface area contributed by atoms with Crippen LogP contribution in [0.15, 0.2) is 45.2 Å². The van der Waals surface area contributed by atoms with Gasteiger partial charge in [-0.3, -0.25) is 9.36 Å². The SMILES string of the molecule is C/C=C(/C=C(\C)C1CCNCC1)n1c(C)nc(=O)c2c(Br)cccc21. The summed E-state index contributed by atoms with van der Waals surface area (Å²) in [6, 6.07) is 5.82. The normalized spacial score (nSPS) is 17.3. The van der Waals surface area contributed by atoms with Crippen molar-refractivity contribution in [3.63, 3.8) is 0 Å². The summed E-state index contributed by atoms with van der Waals surface area (Å²) in [6.07, 6.45) is 6.68. The second kappa shape index (κ2) is 7.67. The summed E-state index contributed by atoms with van der Waals surface area (Å²) in [7, 11) is 0. The monoisotopic (exact) mass is 401 g/mol. The maximum absolute atomic E-state index is 12.4. The summed E-state index contributed by atoms with van der Waals surface area (Å²) in [6.45, 7) is 8.29. The number of nitrogens with zero attached hydrogens (tertiary/aromatic N) is 2. The third-order valence-corrected chi connectivity index (χ3v) is 5.61. The van der Waals surface area contributed by atoms with Crippen molar-refractivity contribution in [3.05, 3.63) is 56.6 Å². The maximum Gasteiger partial charge on any atom is 0.281 e. The molecule has 0 spiro atoms.